The minimum Gasteiger partial charge on any atom is -0.493 e. The largest absolute Gasteiger partial charge is 0.493 e. The zero-order valence-electron chi connectivity index (χ0n) is 9.13. The van der Waals surface area contributed by atoms with E-state index in [4.69, 9.17) is 4.74 Å². The standard InChI is InChI=1S/C12H14FNO2/c1-8(15)14-11-3-2-6-16-12-7-9(13)4-5-10(11)12/h4-5,7,11H,2-3,6H2,1H3,(H,14,15)/t11-/m1/s1. The van der Waals surface area contributed by atoms with Gasteiger partial charge < -0.3 is 10.1 Å². The molecule has 0 bridgehead atoms. The van der Waals surface area contributed by atoms with Crippen LogP contribution in [0.15, 0.2) is 18.2 Å². The molecule has 1 aliphatic heterocycles. The Bertz CT molecular complexity index is 406. The Morgan fingerprint density at radius 3 is 3.12 bits per heavy atom. The van der Waals surface area contributed by atoms with Crippen molar-refractivity contribution in [3.63, 3.8) is 0 Å². The minimum absolute atomic E-state index is 0.0735. The summed E-state index contributed by atoms with van der Waals surface area (Å²) in [4.78, 5) is 11.1. The molecule has 2 rings (SSSR count). The lowest BCUT2D eigenvalue weighted by Gasteiger charge is -2.17. The zero-order chi connectivity index (χ0) is 11.5. The third-order valence-corrected chi connectivity index (χ3v) is 2.62. The van der Waals surface area contributed by atoms with Gasteiger partial charge in [-0.15, -0.1) is 0 Å². The topological polar surface area (TPSA) is 38.3 Å². The van der Waals surface area contributed by atoms with E-state index in [2.05, 4.69) is 5.32 Å². The number of rotatable bonds is 1. The van der Waals surface area contributed by atoms with Crippen molar-refractivity contribution in [2.45, 2.75) is 25.8 Å². The van der Waals surface area contributed by atoms with Crippen molar-refractivity contribution < 1.29 is 13.9 Å². The number of carbonyl (C=O) groups is 1. The van der Waals surface area contributed by atoms with Gasteiger partial charge >= 0.3 is 0 Å². The van der Waals surface area contributed by atoms with Crippen LogP contribution in [0.1, 0.15) is 31.4 Å². The lowest BCUT2D eigenvalue weighted by atomic mass is 10.0. The number of hydrogen-bond donors (Lipinski definition) is 1. The van der Waals surface area contributed by atoms with Gasteiger partial charge in [0.15, 0.2) is 0 Å². The highest BCUT2D eigenvalue weighted by atomic mass is 19.1. The van der Waals surface area contributed by atoms with Gasteiger partial charge in [-0.1, -0.05) is 6.07 Å². The van der Waals surface area contributed by atoms with Crippen LogP contribution in [0.5, 0.6) is 5.75 Å². The van der Waals surface area contributed by atoms with Crippen molar-refractivity contribution in [1.82, 2.24) is 5.32 Å². The first-order valence-corrected chi connectivity index (χ1v) is 5.36. The Kier molecular flexibility index (Phi) is 3.08. The van der Waals surface area contributed by atoms with Crippen LogP contribution in [0, 0.1) is 5.82 Å². The second kappa shape index (κ2) is 4.51. The Morgan fingerprint density at radius 1 is 1.56 bits per heavy atom. The van der Waals surface area contributed by atoms with Gasteiger partial charge in [0, 0.05) is 18.6 Å². The maximum atomic E-state index is 13.0. The predicted molar refractivity (Wildman–Crippen MR) is 57.7 cm³/mol. The van der Waals surface area contributed by atoms with Crippen LogP contribution in [0.3, 0.4) is 0 Å². The Morgan fingerprint density at radius 2 is 2.38 bits per heavy atom. The van der Waals surface area contributed by atoms with Crippen molar-refractivity contribution in [2.24, 2.45) is 0 Å². The molecule has 1 aromatic carbocycles. The molecule has 1 atom stereocenters. The van der Waals surface area contributed by atoms with E-state index < -0.39 is 0 Å². The summed E-state index contributed by atoms with van der Waals surface area (Å²) in [6.45, 7) is 2.04. The molecule has 1 N–H and O–H groups in total. The van der Waals surface area contributed by atoms with Gasteiger partial charge in [-0.05, 0) is 18.9 Å². The molecule has 1 aliphatic rings. The quantitative estimate of drug-likeness (QED) is 0.792. The molecule has 0 aromatic heterocycles. The minimum atomic E-state index is -0.317. The molecule has 0 spiro atoms. The van der Waals surface area contributed by atoms with Gasteiger partial charge in [0.2, 0.25) is 5.91 Å². The number of carbonyl (C=O) groups excluding carboxylic acids is 1. The Labute approximate surface area is 93.6 Å². The predicted octanol–water partition coefficient (Wildman–Crippen LogP) is 2.18. The molecule has 4 heteroatoms. The van der Waals surface area contributed by atoms with Crippen molar-refractivity contribution in [1.29, 1.82) is 0 Å². The van der Waals surface area contributed by atoms with Crippen LogP contribution >= 0.6 is 0 Å². The summed E-state index contributed by atoms with van der Waals surface area (Å²) in [5.41, 5.74) is 0.856. The van der Waals surface area contributed by atoms with Gasteiger partial charge in [-0.25, -0.2) is 4.39 Å². The number of nitrogens with one attached hydrogen (secondary N) is 1. The second-order valence-corrected chi connectivity index (χ2v) is 3.93. The maximum absolute atomic E-state index is 13.0. The van der Waals surface area contributed by atoms with E-state index in [1.165, 1.54) is 19.1 Å². The Hall–Kier alpha value is -1.58. The first-order chi connectivity index (χ1) is 7.66. The van der Waals surface area contributed by atoms with E-state index in [-0.39, 0.29) is 17.8 Å². The molecule has 16 heavy (non-hydrogen) atoms. The summed E-state index contributed by atoms with van der Waals surface area (Å²) < 4.78 is 18.5. The molecule has 0 fully saturated rings. The number of fused-ring (bicyclic) bond motifs is 1. The van der Waals surface area contributed by atoms with Crippen LogP contribution in [0.25, 0.3) is 0 Å². The van der Waals surface area contributed by atoms with Crippen LogP contribution < -0.4 is 10.1 Å². The van der Waals surface area contributed by atoms with E-state index in [1.54, 1.807) is 6.07 Å². The van der Waals surface area contributed by atoms with Gasteiger partial charge in [0.25, 0.3) is 0 Å². The highest BCUT2D eigenvalue weighted by molar-refractivity contribution is 5.73. The molecule has 1 heterocycles. The summed E-state index contributed by atoms with van der Waals surface area (Å²) in [7, 11) is 0. The zero-order valence-corrected chi connectivity index (χ0v) is 9.13. The molecule has 0 radical (unpaired) electrons. The van der Waals surface area contributed by atoms with Gasteiger partial charge in [0.1, 0.15) is 11.6 Å². The number of benzene rings is 1. The summed E-state index contributed by atoms with van der Waals surface area (Å²) >= 11 is 0. The fraction of sp³-hybridized carbons (Fsp3) is 0.417. The normalized spacial score (nSPS) is 19.2. The van der Waals surface area contributed by atoms with Crippen molar-refractivity contribution in [3.8, 4) is 5.75 Å². The summed E-state index contributed by atoms with van der Waals surface area (Å²) in [5.74, 6) is 0.139. The average molecular weight is 223 g/mol. The summed E-state index contributed by atoms with van der Waals surface area (Å²) in [6, 6.07) is 4.37. The number of halogens is 1. The molecular weight excluding hydrogens is 209 g/mol. The van der Waals surface area contributed by atoms with E-state index >= 15 is 0 Å². The second-order valence-electron chi connectivity index (χ2n) is 3.93. The SMILES string of the molecule is CC(=O)N[C@@H]1CCCOc2cc(F)ccc21. The third kappa shape index (κ3) is 2.32. The van der Waals surface area contributed by atoms with Gasteiger partial charge in [-0.2, -0.15) is 0 Å². The van der Waals surface area contributed by atoms with Crippen molar-refractivity contribution in [3.05, 3.63) is 29.6 Å². The molecule has 86 valence electrons. The lowest BCUT2D eigenvalue weighted by molar-refractivity contribution is -0.119. The smallest absolute Gasteiger partial charge is 0.217 e. The highest BCUT2D eigenvalue weighted by Gasteiger charge is 2.20. The van der Waals surface area contributed by atoms with Gasteiger partial charge in [0.05, 0.1) is 12.6 Å². The molecule has 0 unspecified atom stereocenters. The highest BCUT2D eigenvalue weighted by Crippen LogP contribution is 2.31. The van der Waals surface area contributed by atoms with Crippen molar-refractivity contribution >= 4 is 5.91 Å². The summed E-state index contributed by atoms with van der Waals surface area (Å²) in [6.07, 6.45) is 1.67. The first kappa shape index (κ1) is 10.9. The van der Waals surface area contributed by atoms with E-state index in [0.717, 1.165) is 18.4 Å². The molecule has 0 saturated heterocycles. The molecular formula is C12H14FNO2. The van der Waals surface area contributed by atoms with Crippen LogP contribution in [0.2, 0.25) is 0 Å². The van der Waals surface area contributed by atoms with Crippen LogP contribution in [-0.2, 0) is 4.79 Å². The number of ether oxygens (including phenoxy) is 1. The molecule has 1 aromatic rings. The fourth-order valence-corrected chi connectivity index (χ4v) is 1.94. The van der Waals surface area contributed by atoms with Gasteiger partial charge in [-0.3, -0.25) is 4.79 Å². The van der Waals surface area contributed by atoms with E-state index in [0.29, 0.717) is 12.4 Å². The summed E-state index contributed by atoms with van der Waals surface area (Å²) in [5, 5.41) is 2.86. The van der Waals surface area contributed by atoms with E-state index in [1.807, 2.05) is 0 Å². The molecule has 3 nitrogen and oxygen atoms in total. The monoisotopic (exact) mass is 223 g/mol. The van der Waals surface area contributed by atoms with Crippen molar-refractivity contribution in [2.75, 3.05) is 6.61 Å². The van der Waals surface area contributed by atoms with Crippen LogP contribution in [-0.4, -0.2) is 12.5 Å². The Balaban J connectivity index is 2.32. The molecule has 1 amide bonds. The molecule has 0 aliphatic carbocycles. The number of amides is 1. The van der Waals surface area contributed by atoms with E-state index in [9.17, 15) is 9.18 Å². The first-order valence-electron chi connectivity index (χ1n) is 5.36. The number of hydrogen-bond acceptors (Lipinski definition) is 2. The lowest BCUT2D eigenvalue weighted by Crippen LogP contribution is -2.25. The molecule has 0 saturated carbocycles. The third-order valence-electron chi connectivity index (χ3n) is 2.62. The average Bonchev–Trinajstić information content (AvgIpc) is 2.40. The fourth-order valence-electron chi connectivity index (χ4n) is 1.94. The van der Waals surface area contributed by atoms with Crippen LogP contribution in [0.4, 0.5) is 4.39 Å². The maximum Gasteiger partial charge on any atom is 0.217 e.